The van der Waals surface area contributed by atoms with Crippen LogP contribution in [0.1, 0.15) is 10.4 Å². The average Bonchev–Trinajstić information content (AvgIpc) is 2.21. The van der Waals surface area contributed by atoms with Gasteiger partial charge in [0, 0.05) is 5.56 Å². The smallest absolute Gasteiger partial charge is 0.274 e. The Bertz CT molecular complexity index is 425. The van der Waals surface area contributed by atoms with E-state index in [0.717, 1.165) is 6.07 Å². The monoisotopic (exact) mass is 290 g/mol. The molecule has 3 N–H and O–H groups in total. The van der Waals surface area contributed by atoms with Gasteiger partial charge in [0.05, 0.1) is 4.47 Å². The van der Waals surface area contributed by atoms with Gasteiger partial charge in [0.1, 0.15) is 5.82 Å². The number of nitrogens with two attached hydrogens (primary N) is 1. The highest BCUT2D eigenvalue weighted by Crippen LogP contribution is 2.16. The van der Waals surface area contributed by atoms with E-state index in [-0.39, 0.29) is 10.0 Å². The Morgan fingerprint density at radius 3 is 2.75 bits per heavy atom. The lowest BCUT2D eigenvalue weighted by atomic mass is 10.2. The fraction of sp³-hybridized carbons (Fsp3) is 0.111. The van der Waals surface area contributed by atoms with Crippen molar-refractivity contribution >= 4 is 27.7 Å². The van der Waals surface area contributed by atoms with Gasteiger partial charge in [-0.3, -0.25) is 14.4 Å². The van der Waals surface area contributed by atoms with Crippen molar-refractivity contribution in [1.29, 1.82) is 0 Å². The number of amides is 2. The number of hydrogen-bond donors (Lipinski definition) is 2. The van der Waals surface area contributed by atoms with E-state index >= 15 is 0 Å². The number of carbonyl (C=O) groups excluding carboxylic acids is 2. The molecule has 0 aliphatic rings. The van der Waals surface area contributed by atoms with Crippen molar-refractivity contribution < 1.29 is 18.8 Å². The predicted octanol–water partition coefficient (Wildman–Crippen LogP) is 0.735. The maximum Gasteiger partial charge on any atom is 0.274 e. The molecular formula is C9H8BrFN2O3. The summed E-state index contributed by atoms with van der Waals surface area (Å²) in [4.78, 5) is 26.1. The lowest BCUT2D eigenvalue weighted by Crippen LogP contribution is -2.29. The second-order valence-corrected chi connectivity index (χ2v) is 3.67. The molecule has 7 heteroatoms. The highest BCUT2D eigenvalue weighted by Gasteiger charge is 2.08. The summed E-state index contributed by atoms with van der Waals surface area (Å²) in [5, 5.41) is 0. The summed E-state index contributed by atoms with van der Waals surface area (Å²) in [7, 11) is 0. The largest absolute Gasteiger partial charge is 0.368 e. The van der Waals surface area contributed by atoms with Crippen LogP contribution in [0, 0.1) is 5.82 Å². The van der Waals surface area contributed by atoms with Crippen LogP contribution < -0.4 is 11.2 Å². The summed E-state index contributed by atoms with van der Waals surface area (Å²) < 4.78 is 13.3. The number of rotatable bonds is 4. The summed E-state index contributed by atoms with van der Waals surface area (Å²) in [5.74, 6) is -1.95. The van der Waals surface area contributed by atoms with Crippen molar-refractivity contribution in [2.75, 3.05) is 6.61 Å². The molecule has 0 aliphatic heterocycles. The Labute approximate surface area is 98.8 Å². The van der Waals surface area contributed by atoms with E-state index in [1.54, 1.807) is 0 Å². The van der Waals surface area contributed by atoms with E-state index in [1.807, 2.05) is 5.48 Å². The summed E-state index contributed by atoms with van der Waals surface area (Å²) in [6, 6.07) is 3.82. The fourth-order valence-electron chi connectivity index (χ4n) is 0.869. The van der Waals surface area contributed by atoms with Gasteiger partial charge in [-0.2, -0.15) is 0 Å². The van der Waals surface area contributed by atoms with Crippen LogP contribution in [0.3, 0.4) is 0 Å². The third kappa shape index (κ3) is 3.59. The zero-order valence-electron chi connectivity index (χ0n) is 8.00. The number of halogens is 2. The molecule has 86 valence electrons. The van der Waals surface area contributed by atoms with E-state index in [2.05, 4.69) is 20.8 Å². The Balaban J connectivity index is 2.59. The minimum atomic E-state index is -0.720. The van der Waals surface area contributed by atoms with Crippen LogP contribution in [0.15, 0.2) is 22.7 Å². The van der Waals surface area contributed by atoms with Crippen molar-refractivity contribution in [3.63, 3.8) is 0 Å². The summed E-state index contributed by atoms with van der Waals surface area (Å²) in [5.41, 5.74) is 6.81. The molecule has 0 atom stereocenters. The second kappa shape index (κ2) is 5.57. The Hall–Kier alpha value is -1.47. The van der Waals surface area contributed by atoms with E-state index in [1.165, 1.54) is 12.1 Å². The van der Waals surface area contributed by atoms with Crippen molar-refractivity contribution in [3.8, 4) is 0 Å². The van der Waals surface area contributed by atoms with Crippen molar-refractivity contribution in [1.82, 2.24) is 5.48 Å². The number of primary amides is 1. The Morgan fingerprint density at radius 2 is 2.19 bits per heavy atom. The first-order chi connectivity index (χ1) is 7.50. The second-order valence-electron chi connectivity index (χ2n) is 2.82. The summed E-state index contributed by atoms with van der Waals surface area (Å²) in [6.07, 6.45) is 0. The zero-order chi connectivity index (χ0) is 12.1. The quantitative estimate of drug-likeness (QED) is 0.803. The molecule has 2 amide bonds. The van der Waals surface area contributed by atoms with Crippen molar-refractivity contribution in [2.24, 2.45) is 5.73 Å². The Kier molecular flexibility index (Phi) is 4.39. The predicted molar refractivity (Wildman–Crippen MR) is 56.7 cm³/mol. The molecule has 0 aromatic heterocycles. The SMILES string of the molecule is NC(=O)CONC(=O)c1ccc(Br)c(F)c1. The molecule has 0 aliphatic carbocycles. The number of benzene rings is 1. The van der Waals surface area contributed by atoms with Gasteiger partial charge in [0.25, 0.3) is 5.91 Å². The maximum atomic E-state index is 13.0. The van der Waals surface area contributed by atoms with Gasteiger partial charge >= 0.3 is 0 Å². The van der Waals surface area contributed by atoms with E-state index in [9.17, 15) is 14.0 Å². The first-order valence-corrected chi connectivity index (χ1v) is 4.95. The van der Waals surface area contributed by atoms with Gasteiger partial charge in [0.15, 0.2) is 6.61 Å². The molecule has 0 saturated heterocycles. The van der Waals surface area contributed by atoms with E-state index in [0.29, 0.717) is 0 Å². The average molecular weight is 291 g/mol. The minimum Gasteiger partial charge on any atom is -0.368 e. The maximum absolute atomic E-state index is 13.0. The molecule has 0 bridgehead atoms. The van der Waals surface area contributed by atoms with Crippen LogP contribution in [0.5, 0.6) is 0 Å². The molecule has 0 radical (unpaired) electrons. The first kappa shape index (κ1) is 12.6. The van der Waals surface area contributed by atoms with Gasteiger partial charge in [-0.1, -0.05) is 0 Å². The molecule has 0 heterocycles. The molecule has 1 aromatic rings. The van der Waals surface area contributed by atoms with Gasteiger partial charge in [-0.05, 0) is 34.1 Å². The van der Waals surface area contributed by atoms with Gasteiger partial charge < -0.3 is 5.73 Å². The molecule has 0 saturated carbocycles. The Morgan fingerprint density at radius 1 is 1.50 bits per heavy atom. The standard InChI is InChI=1S/C9H8BrFN2O3/c10-6-2-1-5(3-7(6)11)9(15)13-16-4-8(12)14/h1-3H,4H2,(H2,12,14)(H,13,15). The van der Waals surface area contributed by atoms with Crippen LogP contribution >= 0.6 is 15.9 Å². The first-order valence-electron chi connectivity index (χ1n) is 4.16. The normalized spacial score (nSPS) is 9.88. The topological polar surface area (TPSA) is 81.4 Å². The number of nitrogens with one attached hydrogen (secondary N) is 1. The number of hydrogen-bond acceptors (Lipinski definition) is 3. The van der Waals surface area contributed by atoms with Gasteiger partial charge in [0.2, 0.25) is 5.91 Å². The molecule has 5 nitrogen and oxygen atoms in total. The van der Waals surface area contributed by atoms with Crippen LogP contribution in [0.25, 0.3) is 0 Å². The fourth-order valence-corrected chi connectivity index (χ4v) is 1.12. The molecule has 1 rings (SSSR count). The van der Waals surface area contributed by atoms with Gasteiger partial charge in [-0.25, -0.2) is 9.87 Å². The molecule has 0 unspecified atom stereocenters. The van der Waals surface area contributed by atoms with Crippen LogP contribution in [-0.2, 0) is 9.63 Å². The zero-order valence-corrected chi connectivity index (χ0v) is 9.58. The highest BCUT2D eigenvalue weighted by molar-refractivity contribution is 9.10. The molecule has 16 heavy (non-hydrogen) atoms. The van der Waals surface area contributed by atoms with Crippen LogP contribution in [0.4, 0.5) is 4.39 Å². The third-order valence-electron chi connectivity index (χ3n) is 1.56. The lowest BCUT2D eigenvalue weighted by molar-refractivity contribution is -0.124. The van der Waals surface area contributed by atoms with E-state index < -0.39 is 24.2 Å². The van der Waals surface area contributed by atoms with Gasteiger partial charge in [-0.15, -0.1) is 0 Å². The third-order valence-corrected chi connectivity index (χ3v) is 2.20. The minimum absolute atomic E-state index is 0.0742. The van der Waals surface area contributed by atoms with E-state index in [4.69, 9.17) is 5.73 Å². The molecular weight excluding hydrogens is 283 g/mol. The summed E-state index contributed by atoms with van der Waals surface area (Å²) in [6.45, 7) is -0.440. The van der Waals surface area contributed by atoms with Crippen molar-refractivity contribution in [2.45, 2.75) is 0 Å². The van der Waals surface area contributed by atoms with Crippen LogP contribution in [0.2, 0.25) is 0 Å². The molecule has 1 aromatic carbocycles. The molecule has 0 spiro atoms. The van der Waals surface area contributed by atoms with Crippen LogP contribution in [-0.4, -0.2) is 18.4 Å². The molecule has 0 fully saturated rings. The number of carbonyl (C=O) groups is 2. The van der Waals surface area contributed by atoms with Crippen molar-refractivity contribution in [3.05, 3.63) is 34.1 Å². The lowest BCUT2D eigenvalue weighted by Gasteiger charge is -2.04. The summed E-state index contributed by atoms with van der Waals surface area (Å²) >= 11 is 2.95. The number of hydroxylamine groups is 1. The highest BCUT2D eigenvalue weighted by atomic mass is 79.9.